The van der Waals surface area contributed by atoms with Gasteiger partial charge in [-0.15, -0.1) is 0 Å². The Morgan fingerprint density at radius 3 is 2.62 bits per heavy atom. The third-order valence-corrected chi connectivity index (χ3v) is 4.34. The van der Waals surface area contributed by atoms with Crippen molar-refractivity contribution in [3.8, 4) is 0 Å². The molecule has 0 unspecified atom stereocenters. The predicted octanol–water partition coefficient (Wildman–Crippen LogP) is 4.57. The van der Waals surface area contributed by atoms with Crippen LogP contribution in [0.1, 0.15) is 52.9 Å². The van der Waals surface area contributed by atoms with Crippen LogP contribution in [-0.2, 0) is 0 Å². The molecule has 0 aliphatic carbocycles. The van der Waals surface area contributed by atoms with E-state index in [0.717, 1.165) is 42.8 Å². The number of rotatable bonds is 9. The topological polar surface area (TPSA) is 15.3 Å². The van der Waals surface area contributed by atoms with Crippen LogP contribution in [0.15, 0.2) is 23.3 Å². The van der Waals surface area contributed by atoms with Crippen LogP contribution >= 0.6 is 11.6 Å². The summed E-state index contributed by atoms with van der Waals surface area (Å²) in [6.07, 6.45) is 12.2. The number of nitrogens with zero attached hydrogens (tertiary/aromatic N) is 1. The minimum atomic E-state index is 0.731. The summed E-state index contributed by atoms with van der Waals surface area (Å²) in [5, 5.41) is 4.48. The van der Waals surface area contributed by atoms with Crippen molar-refractivity contribution in [3.63, 3.8) is 0 Å². The van der Waals surface area contributed by atoms with Gasteiger partial charge in [0.1, 0.15) is 0 Å². The van der Waals surface area contributed by atoms with Gasteiger partial charge in [0.15, 0.2) is 0 Å². The average Bonchev–Trinajstić information content (AvgIpc) is 2.47. The number of hydrogen-bond donors (Lipinski definition) is 1. The van der Waals surface area contributed by atoms with Crippen molar-refractivity contribution in [2.45, 2.75) is 58.9 Å². The molecular weight excluding hydrogens is 280 g/mol. The summed E-state index contributed by atoms with van der Waals surface area (Å²) < 4.78 is 0. The molecule has 122 valence electrons. The summed E-state index contributed by atoms with van der Waals surface area (Å²) in [6, 6.07) is 0.754. The van der Waals surface area contributed by atoms with Gasteiger partial charge in [-0.1, -0.05) is 43.7 Å². The van der Waals surface area contributed by atoms with Crippen LogP contribution in [0.25, 0.3) is 0 Å². The highest BCUT2D eigenvalue weighted by Gasteiger charge is 2.20. The van der Waals surface area contributed by atoms with Crippen LogP contribution in [0.4, 0.5) is 0 Å². The first kappa shape index (κ1) is 18.7. The van der Waals surface area contributed by atoms with E-state index >= 15 is 0 Å². The van der Waals surface area contributed by atoms with Crippen molar-refractivity contribution in [2.24, 2.45) is 5.92 Å². The first-order chi connectivity index (χ1) is 10.1. The van der Waals surface area contributed by atoms with Gasteiger partial charge in [0, 0.05) is 24.2 Å². The van der Waals surface area contributed by atoms with Crippen molar-refractivity contribution in [2.75, 3.05) is 26.2 Å². The van der Waals surface area contributed by atoms with E-state index in [1.807, 2.05) is 0 Å². The Morgan fingerprint density at radius 1 is 1.29 bits per heavy atom. The summed E-state index contributed by atoms with van der Waals surface area (Å²) in [7, 11) is 0. The van der Waals surface area contributed by atoms with Gasteiger partial charge in [-0.3, -0.25) is 4.90 Å². The Balaban J connectivity index is 2.39. The van der Waals surface area contributed by atoms with E-state index in [0.29, 0.717) is 0 Å². The summed E-state index contributed by atoms with van der Waals surface area (Å²) in [5.41, 5.74) is 0. The third kappa shape index (κ3) is 8.65. The van der Waals surface area contributed by atoms with Gasteiger partial charge in [-0.05, 0) is 58.0 Å². The fourth-order valence-electron chi connectivity index (χ4n) is 2.94. The van der Waals surface area contributed by atoms with Crippen LogP contribution in [0.3, 0.4) is 0 Å². The molecule has 1 heterocycles. The fourth-order valence-corrected chi connectivity index (χ4v) is 3.16. The SMILES string of the molecule is C/C=C\CC/C(Cl)=C\CCN(CC(C)C)C1CCNCC1. The predicted molar refractivity (Wildman–Crippen MR) is 94.9 cm³/mol. The number of allylic oxidation sites excluding steroid dienone is 3. The van der Waals surface area contributed by atoms with Gasteiger partial charge in [-0.25, -0.2) is 0 Å². The van der Waals surface area contributed by atoms with E-state index in [4.69, 9.17) is 11.6 Å². The van der Waals surface area contributed by atoms with Gasteiger partial charge < -0.3 is 5.32 Å². The highest BCUT2D eigenvalue weighted by molar-refractivity contribution is 6.29. The molecule has 3 heteroatoms. The van der Waals surface area contributed by atoms with Crippen molar-refractivity contribution in [1.29, 1.82) is 0 Å². The van der Waals surface area contributed by atoms with Crippen LogP contribution in [0, 0.1) is 5.92 Å². The normalized spacial score (nSPS) is 18.3. The van der Waals surface area contributed by atoms with Crippen LogP contribution in [0.2, 0.25) is 0 Å². The molecule has 1 N–H and O–H groups in total. The second-order valence-electron chi connectivity index (χ2n) is 6.42. The summed E-state index contributed by atoms with van der Waals surface area (Å²) in [5.74, 6) is 0.731. The molecule has 0 aromatic carbocycles. The fraction of sp³-hybridized carbons (Fsp3) is 0.778. The van der Waals surface area contributed by atoms with Crippen molar-refractivity contribution >= 4 is 11.6 Å². The molecule has 0 amide bonds. The molecule has 1 saturated heterocycles. The molecule has 0 aromatic heterocycles. The molecule has 1 aliphatic heterocycles. The zero-order chi connectivity index (χ0) is 15.5. The minimum Gasteiger partial charge on any atom is -0.317 e. The molecule has 0 bridgehead atoms. The van der Waals surface area contributed by atoms with Gasteiger partial charge in [0.05, 0.1) is 0 Å². The monoisotopic (exact) mass is 312 g/mol. The van der Waals surface area contributed by atoms with Crippen molar-refractivity contribution < 1.29 is 0 Å². The lowest BCUT2D eigenvalue weighted by Gasteiger charge is -2.35. The zero-order valence-electron chi connectivity index (χ0n) is 14.1. The second kappa shape index (κ2) is 11.3. The highest BCUT2D eigenvalue weighted by Crippen LogP contribution is 2.16. The number of halogens is 1. The number of piperidine rings is 1. The molecule has 2 nitrogen and oxygen atoms in total. The molecule has 1 rings (SSSR count). The maximum atomic E-state index is 6.29. The van der Waals surface area contributed by atoms with E-state index in [9.17, 15) is 0 Å². The van der Waals surface area contributed by atoms with Gasteiger partial charge in [-0.2, -0.15) is 0 Å². The third-order valence-electron chi connectivity index (χ3n) is 3.99. The standard InChI is InChI=1S/C18H33ClN2/c1-4-5-6-8-17(19)9-7-14-21(15-16(2)3)18-10-12-20-13-11-18/h4-5,9,16,18,20H,6-8,10-15H2,1-3H3/b5-4-,17-9+. The summed E-state index contributed by atoms with van der Waals surface area (Å²) in [4.78, 5) is 2.68. The molecule has 0 spiro atoms. The number of nitrogens with one attached hydrogen (secondary N) is 1. The van der Waals surface area contributed by atoms with E-state index in [1.54, 1.807) is 0 Å². The van der Waals surface area contributed by atoms with E-state index in [1.165, 1.54) is 32.5 Å². The lowest BCUT2D eigenvalue weighted by Crippen LogP contribution is -2.44. The van der Waals surface area contributed by atoms with Gasteiger partial charge in [0.2, 0.25) is 0 Å². The molecule has 21 heavy (non-hydrogen) atoms. The van der Waals surface area contributed by atoms with Gasteiger partial charge >= 0.3 is 0 Å². The molecule has 0 aromatic rings. The zero-order valence-corrected chi connectivity index (χ0v) is 14.8. The lowest BCUT2D eigenvalue weighted by atomic mass is 10.0. The Bertz CT molecular complexity index is 317. The van der Waals surface area contributed by atoms with E-state index in [2.05, 4.69) is 49.2 Å². The Hall–Kier alpha value is -0.310. The van der Waals surface area contributed by atoms with Crippen LogP contribution in [-0.4, -0.2) is 37.1 Å². The molecular formula is C18H33ClN2. The van der Waals surface area contributed by atoms with Crippen LogP contribution in [0.5, 0.6) is 0 Å². The highest BCUT2D eigenvalue weighted by atomic mass is 35.5. The van der Waals surface area contributed by atoms with Crippen LogP contribution < -0.4 is 5.32 Å². The van der Waals surface area contributed by atoms with Gasteiger partial charge in [0.25, 0.3) is 0 Å². The quantitative estimate of drug-likeness (QED) is 0.628. The summed E-state index contributed by atoms with van der Waals surface area (Å²) >= 11 is 6.29. The Labute approximate surface area is 136 Å². The lowest BCUT2D eigenvalue weighted by molar-refractivity contribution is 0.148. The van der Waals surface area contributed by atoms with Crippen molar-refractivity contribution in [3.05, 3.63) is 23.3 Å². The number of hydrogen-bond acceptors (Lipinski definition) is 2. The Morgan fingerprint density at radius 2 is 2.00 bits per heavy atom. The molecule has 0 atom stereocenters. The van der Waals surface area contributed by atoms with E-state index in [-0.39, 0.29) is 0 Å². The second-order valence-corrected chi connectivity index (χ2v) is 6.90. The smallest absolute Gasteiger partial charge is 0.0144 e. The molecule has 0 radical (unpaired) electrons. The first-order valence-electron chi connectivity index (χ1n) is 8.54. The Kier molecular flexibility index (Phi) is 10.1. The average molecular weight is 313 g/mol. The molecule has 0 saturated carbocycles. The summed E-state index contributed by atoms with van der Waals surface area (Å²) in [6.45, 7) is 11.4. The molecule has 1 aliphatic rings. The van der Waals surface area contributed by atoms with Crippen molar-refractivity contribution in [1.82, 2.24) is 10.2 Å². The minimum absolute atomic E-state index is 0.731. The van der Waals surface area contributed by atoms with E-state index < -0.39 is 0 Å². The first-order valence-corrected chi connectivity index (χ1v) is 8.91. The maximum Gasteiger partial charge on any atom is 0.0144 e. The largest absolute Gasteiger partial charge is 0.317 e. The molecule has 1 fully saturated rings. The maximum absolute atomic E-state index is 6.29.